The molecule has 0 aromatic heterocycles. The first-order valence-corrected chi connectivity index (χ1v) is 9.08. The van der Waals surface area contributed by atoms with Crippen LogP contribution in [0.1, 0.15) is 11.1 Å². The minimum Gasteiger partial charge on any atom is -0.428 e. The van der Waals surface area contributed by atoms with E-state index in [1.165, 1.54) is 0 Å². The molecule has 0 saturated heterocycles. The molecule has 2 aromatic carbocycles. The van der Waals surface area contributed by atoms with E-state index in [1.807, 2.05) is 56.3 Å². The second kappa shape index (κ2) is 5.93. The Bertz CT molecular complexity index is 634. The number of aryl methyl sites for hydroxylation is 2. The Morgan fingerprint density at radius 1 is 0.895 bits per heavy atom. The fraction of sp³-hybridized carbons (Fsp3) is 0.143. The number of hydrogen-bond acceptors (Lipinski definition) is 1. The number of benzene rings is 2. The third kappa shape index (κ3) is 3.95. The predicted octanol–water partition coefficient (Wildman–Crippen LogP) is 3.22. The molecule has 0 aliphatic carbocycles. The van der Waals surface area contributed by atoms with E-state index >= 15 is 0 Å². The largest absolute Gasteiger partial charge is 0.428 e. The summed E-state index contributed by atoms with van der Waals surface area (Å²) in [6, 6.07) is 14.9. The highest BCUT2D eigenvalue weighted by atomic mass is 32.5. The summed E-state index contributed by atoms with van der Waals surface area (Å²) in [6.45, 7) is 0.348. The Kier molecular flexibility index (Phi) is 4.48. The van der Waals surface area contributed by atoms with Crippen molar-refractivity contribution in [3.63, 3.8) is 0 Å². The summed E-state index contributed by atoms with van der Waals surface area (Å²) < 4.78 is 5.40. The van der Waals surface area contributed by atoms with Crippen LogP contribution in [0.4, 0.5) is 0 Å². The summed E-state index contributed by atoms with van der Waals surface area (Å²) in [4.78, 5) is 21.1. The second-order valence-electron chi connectivity index (χ2n) is 4.26. The molecule has 0 atom stereocenters. The van der Waals surface area contributed by atoms with E-state index in [0.717, 1.165) is 16.0 Å². The van der Waals surface area contributed by atoms with Crippen molar-refractivity contribution in [2.45, 2.75) is 18.7 Å². The molecular formula is C14H17O3PS. The van der Waals surface area contributed by atoms with Gasteiger partial charge in [0, 0.05) is 4.90 Å². The minimum absolute atomic E-state index is 0.414. The van der Waals surface area contributed by atoms with E-state index in [4.69, 9.17) is 4.52 Å². The van der Waals surface area contributed by atoms with Gasteiger partial charge in [-0.15, -0.1) is 0 Å². The van der Waals surface area contributed by atoms with Crippen LogP contribution < -0.4 is 4.52 Å². The van der Waals surface area contributed by atoms with E-state index < -0.39 is 6.72 Å². The maximum atomic E-state index is 10.1. The fourth-order valence-corrected chi connectivity index (χ4v) is 4.70. The first-order valence-electron chi connectivity index (χ1n) is 5.87. The van der Waals surface area contributed by atoms with Gasteiger partial charge in [0.15, 0.2) is 0 Å². The molecule has 0 bridgehead atoms. The van der Waals surface area contributed by atoms with Gasteiger partial charge in [-0.05, 0) is 37.1 Å². The van der Waals surface area contributed by atoms with Gasteiger partial charge in [-0.2, -0.15) is 0 Å². The molecule has 0 unspecified atom stereocenters. The summed E-state index contributed by atoms with van der Waals surface area (Å²) in [5.41, 5.74) is 1.90. The Labute approximate surface area is 116 Å². The van der Waals surface area contributed by atoms with Crippen LogP contribution in [0.3, 0.4) is 0 Å². The van der Waals surface area contributed by atoms with Gasteiger partial charge in [-0.1, -0.05) is 47.3 Å². The molecule has 0 amide bonds. The molecule has 2 rings (SSSR count). The van der Waals surface area contributed by atoms with Gasteiger partial charge in [0.25, 0.3) is 0 Å². The van der Waals surface area contributed by atoms with Crippen molar-refractivity contribution < 1.29 is 14.3 Å². The zero-order chi connectivity index (χ0) is 13.9. The van der Waals surface area contributed by atoms with Crippen molar-refractivity contribution in [1.29, 1.82) is 0 Å². The molecular weight excluding hydrogens is 279 g/mol. The average Bonchev–Trinajstić information content (AvgIpc) is 2.35. The number of rotatable bonds is 3. The third-order valence-electron chi connectivity index (χ3n) is 2.67. The van der Waals surface area contributed by atoms with Gasteiger partial charge >= 0.3 is 6.72 Å². The molecule has 2 aromatic rings. The highest BCUT2D eigenvalue weighted by molar-refractivity contribution is 8.17. The highest BCUT2D eigenvalue weighted by Crippen LogP contribution is 2.43. The lowest BCUT2D eigenvalue weighted by atomic mass is 10.2. The molecule has 5 heteroatoms. The van der Waals surface area contributed by atoms with Crippen molar-refractivity contribution in [3.05, 3.63) is 59.7 Å². The topological polar surface area (TPSA) is 49.7 Å². The van der Waals surface area contributed by atoms with Gasteiger partial charge in [0.05, 0.1) is 0 Å². The lowest BCUT2D eigenvalue weighted by Crippen LogP contribution is -1.95. The Hall–Kier alpha value is -1.06. The Morgan fingerprint density at radius 2 is 1.47 bits per heavy atom. The summed E-state index contributed by atoms with van der Waals surface area (Å²) >= 11 is 0. The van der Waals surface area contributed by atoms with E-state index in [9.17, 15) is 9.79 Å². The van der Waals surface area contributed by atoms with Gasteiger partial charge in [0.1, 0.15) is 5.75 Å². The number of para-hydroxylation sites is 1. The molecule has 19 heavy (non-hydrogen) atoms. The summed E-state index contributed by atoms with van der Waals surface area (Å²) in [5, 5.41) is 0. The van der Waals surface area contributed by atoms with Crippen molar-refractivity contribution >= 4 is 17.7 Å². The lowest BCUT2D eigenvalue weighted by Gasteiger charge is -2.16. The van der Waals surface area contributed by atoms with Crippen LogP contribution >= 0.6 is 6.72 Å². The van der Waals surface area contributed by atoms with Gasteiger partial charge in [-0.25, -0.2) is 0 Å². The van der Waals surface area contributed by atoms with Crippen LogP contribution in [0, 0.1) is 13.8 Å². The predicted molar refractivity (Wildman–Crippen MR) is 81.4 cm³/mol. The first kappa shape index (κ1) is 14.4. The summed E-state index contributed by atoms with van der Waals surface area (Å²) in [6.07, 6.45) is 0. The number of hydrogen-bond donors (Lipinski definition) is 3. The lowest BCUT2D eigenvalue weighted by molar-refractivity contribution is 0.369. The van der Waals surface area contributed by atoms with Crippen LogP contribution in [0.25, 0.3) is 0 Å². The molecule has 0 fully saturated rings. The molecule has 102 valence electrons. The second-order valence-corrected chi connectivity index (χ2v) is 8.31. The SMILES string of the molecule is Cc1ccccc1OP(O)(O)=[SH]c1ccccc1C. The molecule has 0 aliphatic rings. The normalized spacial score (nSPS) is 11.4. The molecule has 0 spiro atoms. The maximum Gasteiger partial charge on any atom is 0.334 e. The highest BCUT2D eigenvalue weighted by Gasteiger charge is 2.14. The zero-order valence-corrected chi connectivity index (χ0v) is 12.6. The Morgan fingerprint density at radius 3 is 2.11 bits per heavy atom. The summed E-state index contributed by atoms with van der Waals surface area (Å²) in [7, 11) is 0.414. The van der Waals surface area contributed by atoms with E-state index in [-0.39, 0.29) is 0 Å². The van der Waals surface area contributed by atoms with Crippen molar-refractivity contribution in [2.24, 2.45) is 0 Å². The third-order valence-corrected chi connectivity index (χ3v) is 5.76. The van der Waals surface area contributed by atoms with E-state index in [2.05, 4.69) is 0 Å². The molecule has 2 N–H and O–H groups in total. The fourth-order valence-electron chi connectivity index (χ4n) is 1.63. The molecule has 0 radical (unpaired) electrons. The average molecular weight is 296 g/mol. The molecule has 0 aliphatic heterocycles. The van der Waals surface area contributed by atoms with Crippen molar-refractivity contribution in [3.8, 4) is 5.75 Å². The summed E-state index contributed by atoms with van der Waals surface area (Å²) in [5.74, 6) is 0.516. The molecule has 3 nitrogen and oxygen atoms in total. The van der Waals surface area contributed by atoms with Crippen LogP contribution in [0.5, 0.6) is 5.75 Å². The standard InChI is InChI=1S/C14H17O3PS/c1-11-7-3-5-9-13(11)17-18(15,16)19-14-10-6-4-8-12(14)2/h3-10,15-16,19H,1-2H3. The van der Waals surface area contributed by atoms with Gasteiger partial charge in [0.2, 0.25) is 0 Å². The van der Waals surface area contributed by atoms with Crippen LogP contribution in [-0.2, 0) is 10.9 Å². The van der Waals surface area contributed by atoms with Crippen molar-refractivity contribution in [2.75, 3.05) is 0 Å². The number of thiol groups is 1. The van der Waals surface area contributed by atoms with Gasteiger partial charge < -0.3 is 14.3 Å². The Balaban J connectivity index is 2.33. The monoisotopic (exact) mass is 296 g/mol. The van der Waals surface area contributed by atoms with Gasteiger partial charge in [-0.3, -0.25) is 0 Å². The minimum atomic E-state index is -3.47. The quantitative estimate of drug-likeness (QED) is 0.602. The molecule has 0 saturated carbocycles. The van der Waals surface area contributed by atoms with E-state index in [0.29, 0.717) is 16.7 Å². The van der Waals surface area contributed by atoms with Crippen LogP contribution in [-0.4, -0.2) is 9.79 Å². The first-order chi connectivity index (χ1) is 8.98. The maximum absolute atomic E-state index is 10.1. The van der Waals surface area contributed by atoms with E-state index in [1.54, 1.807) is 6.07 Å². The van der Waals surface area contributed by atoms with Crippen LogP contribution in [0.15, 0.2) is 53.4 Å². The zero-order valence-electron chi connectivity index (χ0n) is 10.8. The van der Waals surface area contributed by atoms with Crippen LogP contribution in [0.2, 0.25) is 0 Å². The smallest absolute Gasteiger partial charge is 0.334 e. The van der Waals surface area contributed by atoms with Crippen molar-refractivity contribution in [1.82, 2.24) is 0 Å². The molecule has 0 heterocycles.